The van der Waals surface area contributed by atoms with Gasteiger partial charge in [0.15, 0.2) is 5.82 Å². The van der Waals surface area contributed by atoms with Crippen molar-refractivity contribution in [1.82, 2.24) is 19.1 Å². The molecular formula is C13H19N5O2S. The number of hydrogen-bond donors (Lipinski definition) is 1. The quantitative estimate of drug-likeness (QED) is 0.862. The number of nitrogens with zero attached hydrogens (tertiary/aromatic N) is 4. The molecule has 0 bridgehead atoms. The Balaban J connectivity index is 2.33. The maximum absolute atomic E-state index is 12.7. The zero-order valence-electron chi connectivity index (χ0n) is 12.1. The van der Waals surface area contributed by atoms with Crippen molar-refractivity contribution < 1.29 is 8.42 Å². The number of nitrogens with two attached hydrogens (primary N) is 1. The molecule has 114 valence electrons. The molecule has 0 aliphatic carbocycles. The van der Waals surface area contributed by atoms with Gasteiger partial charge < -0.3 is 5.73 Å². The summed E-state index contributed by atoms with van der Waals surface area (Å²) in [7, 11) is -3.68. The lowest BCUT2D eigenvalue weighted by atomic mass is 10.3. The number of hydrogen-bond acceptors (Lipinski definition) is 5. The fourth-order valence-corrected chi connectivity index (χ4v) is 3.44. The topological polar surface area (TPSA) is 94.1 Å². The summed E-state index contributed by atoms with van der Waals surface area (Å²) in [5, 5.41) is 3.99. The van der Waals surface area contributed by atoms with E-state index >= 15 is 0 Å². The number of pyridine rings is 1. The molecule has 7 nitrogen and oxygen atoms in total. The molecule has 0 atom stereocenters. The van der Waals surface area contributed by atoms with Gasteiger partial charge >= 0.3 is 0 Å². The highest BCUT2D eigenvalue weighted by atomic mass is 32.2. The molecule has 0 saturated heterocycles. The van der Waals surface area contributed by atoms with Crippen LogP contribution in [0.15, 0.2) is 35.5 Å². The lowest BCUT2D eigenvalue weighted by Gasteiger charge is -2.19. The molecule has 21 heavy (non-hydrogen) atoms. The van der Waals surface area contributed by atoms with Gasteiger partial charge in [0.25, 0.3) is 0 Å². The van der Waals surface area contributed by atoms with Gasteiger partial charge in [0.05, 0.1) is 12.2 Å². The van der Waals surface area contributed by atoms with Crippen LogP contribution in [0.3, 0.4) is 0 Å². The molecule has 0 aliphatic rings. The molecule has 0 aliphatic heterocycles. The molecule has 2 rings (SSSR count). The first-order valence-corrected chi connectivity index (χ1v) is 8.16. The zero-order valence-corrected chi connectivity index (χ0v) is 12.9. The van der Waals surface area contributed by atoms with Crippen molar-refractivity contribution in [3.8, 4) is 0 Å². The highest BCUT2D eigenvalue weighted by molar-refractivity contribution is 7.89. The Morgan fingerprint density at radius 2 is 2.10 bits per heavy atom. The fraction of sp³-hybridized carbons (Fsp3) is 0.385. The molecule has 2 heterocycles. The summed E-state index contributed by atoms with van der Waals surface area (Å²) in [6.45, 7) is 4.74. The third-order valence-corrected chi connectivity index (χ3v) is 5.05. The number of rotatable bonds is 6. The Kier molecular flexibility index (Phi) is 4.59. The average Bonchev–Trinajstić information content (AvgIpc) is 2.87. The Bertz CT molecular complexity index is 697. The molecule has 2 aromatic rings. The van der Waals surface area contributed by atoms with Gasteiger partial charge in [-0.1, -0.05) is 13.0 Å². The molecule has 2 aromatic heterocycles. The number of sulfonamides is 1. The number of anilines is 1. The van der Waals surface area contributed by atoms with E-state index in [-0.39, 0.29) is 17.3 Å². The van der Waals surface area contributed by atoms with Crippen LogP contribution in [0.2, 0.25) is 0 Å². The maximum Gasteiger partial charge on any atom is 0.248 e. The van der Waals surface area contributed by atoms with Crippen molar-refractivity contribution in [2.24, 2.45) is 0 Å². The minimum absolute atomic E-state index is 0.0244. The zero-order chi connectivity index (χ0) is 15.5. The Morgan fingerprint density at radius 1 is 1.33 bits per heavy atom. The van der Waals surface area contributed by atoms with Gasteiger partial charge in [0, 0.05) is 25.5 Å². The summed E-state index contributed by atoms with van der Waals surface area (Å²) < 4.78 is 28.2. The first-order valence-electron chi connectivity index (χ1n) is 6.72. The van der Waals surface area contributed by atoms with E-state index in [1.165, 1.54) is 15.2 Å². The van der Waals surface area contributed by atoms with Crippen LogP contribution in [0.4, 0.5) is 5.82 Å². The molecule has 0 unspecified atom stereocenters. The van der Waals surface area contributed by atoms with Gasteiger partial charge in [-0.05, 0) is 19.1 Å². The fourth-order valence-electron chi connectivity index (χ4n) is 1.96. The van der Waals surface area contributed by atoms with Crippen molar-refractivity contribution in [2.75, 3.05) is 12.3 Å². The summed E-state index contributed by atoms with van der Waals surface area (Å²) in [5.41, 5.74) is 6.42. The van der Waals surface area contributed by atoms with E-state index in [1.54, 1.807) is 25.3 Å². The minimum atomic E-state index is -3.68. The number of aryl methyl sites for hydroxylation is 1. The predicted molar refractivity (Wildman–Crippen MR) is 79.8 cm³/mol. The van der Waals surface area contributed by atoms with Crippen LogP contribution in [0.1, 0.15) is 19.5 Å². The van der Waals surface area contributed by atoms with Gasteiger partial charge in [0.2, 0.25) is 10.0 Å². The van der Waals surface area contributed by atoms with Crippen LogP contribution >= 0.6 is 0 Å². The third kappa shape index (κ3) is 3.22. The van der Waals surface area contributed by atoms with E-state index in [1.807, 2.05) is 13.0 Å². The van der Waals surface area contributed by atoms with E-state index in [4.69, 9.17) is 5.73 Å². The molecule has 8 heteroatoms. The second kappa shape index (κ2) is 6.23. The summed E-state index contributed by atoms with van der Waals surface area (Å²) in [4.78, 5) is 4.20. The normalized spacial score (nSPS) is 12.0. The predicted octanol–water partition coefficient (Wildman–Crippen LogP) is 1.09. The lowest BCUT2D eigenvalue weighted by Crippen LogP contribution is -2.31. The monoisotopic (exact) mass is 309 g/mol. The Morgan fingerprint density at radius 3 is 2.62 bits per heavy atom. The molecule has 0 radical (unpaired) electrons. The molecule has 0 spiro atoms. The second-order valence-corrected chi connectivity index (χ2v) is 6.39. The third-order valence-electron chi connectivity index (χ3n) is 3.11. The highest BCUT2D eigenvalue weighted by Crippen LogP contribution is 2.22. The standard InChI is InChI=1S/C13H19N5O2S/c1-3-17-10-12(13(14)16-17)21(19,20)18(4-2)9-11-7-5-6-8-15-11/h5-8,10H,3-4,9H2,1-2H3,(H2,14,16). The molecule has 0 saturated carbocycles. The second-order valence-electron chi connectivity index (χ2n) is 4.49. The lowest BCUT2D eigenvalue weighted by molar-refractivity contribution is 0.419. The molecule has 0 amide bonds. The summed E-state index contributed by atoms with van der Waals surface area (Å²) in [5.74, 6) is 0.0244. The molecule has 0 fully saturated rings. The van der Waals surface area contributed by atoms with E-state index in [9.17, 15) is 8.42 Å². The summed E-state index contributed by atoms with van der Waals surface area (Å²) >= 11 is 0. The largest absolute Gasteiger partial charge is 0.381 e. The Labute approximate surface area is 124 Å². The van der Waals surface area contributed by atoms with Crippen molar-refractivity contribution >= 4 is 15.8 Å². The SMILES string of the molecule is CCN(Cc1ccccn1)S(=O)(=O)c1cn(CC)nc1N. The van der Waals surface area contributed by atoms with E-state index in [2.05, 4.69) is 10.1 Å². The van der Waals surface area contributed by atoms with Crippen molar-refractivity contribution in [3.63, 3.8) is 0 Å². The average molecular weight is 309 g/mol. The van der Waals surface area contributed by atoms with Gasteiger partial charge in [-0.3, -0.25) is 9.67 Å². The van der Waals surface area contributed by atoms with Crippen LogP contribution in [0.5, 0.6) is 0 Å². The highest BCUT2D eigenvalue weighted by Gasteiger charge is 2.28. The van der Waals surface area contributed by atoms with Gasteiger partial charge in [0.1, 0.15) is 4.90 Å². The van der Waals surface area contributed by atoms with Crippen molar-refractivity contribution in [1.29, 1.82) is 0 Å². The summed E-state index contributed by atoms with van der Waals surface area (Å²) in [6.07, 6.45) is 3.10. The first-order chi connectivity index (χ1) is 9.98. The van der Waals surface area contributed by atoms with Crippen LogP contribution in [-0.2, 0) is 23.1 Å². The number of aromatic nitrogens is 3. The van der Waals surface area contributed by atoms with Crippen LogP contribution in [-0.4, -0.2) is 34.0 Å². The van der Waals surface area contributed by atoms with Gasteiger partial charge in [-0.15, -0.1) is 0 Å². The van der Waals surface area contributed by atoms with Crippen molar-refractivity contribution in [2.45, 2.75) is 31.8 Å². The first kappa shape index (κ1) is 15.5. The molecular weight excluding hydrogens is 290 g/mol. The summed E-state index contributed by atoms with van der Waals surface area (Å²) in [6, 6.07) is 5.40. The smallest absolute Gasteiger partial charge is 0.248 e. The van der Waals surface area contributed by atoms with E-state index in [0.29, 0.717) is 18.8 Å². The van der Waals surface area contributed by atoms with Gasteiger partial charge in [-0.25, -0.2) is 8.42 Å². The molecule has 2 N–H and O–H groups in total. The molecule has 0 aromatic carbocycles. The van der Waals surface area contributed by atoms with E-state index < -0.39 is 10.0 Å². The Hall–Kier alpha value is -1.93. The minimum Gasteiger partial charge on any atom is -0.381 e. The van der Waals surface area contributed by atoms with Gasteiger partial charge in [-0.2, -0.15) is 9.40 Å². The maximum atomic E-state index is 12.7. The van der Waals surface area contributed by atoms with Crippen LogP contribution in [0, 0.1) is 0 Å². The van der Waals surface area contributed by atoms with Crippen LogP contribution in [0.25, 0.3) is 0 Å². The van der Waals surface area contributed by atoms with Crippen LogP contribution < -0.4 is 5.73 Å². The number of nitrogen functional groups attached to an aromatic ring is 1. The van der Waals surface area contributed by atoms with E-state index in [0.717, 1.165) is 0 Å². The van der Waals surface area contributed by atoms with Crippen molar-refractivity contribution in [3.05, 3.63) is 36.3 Å².